The van der Waals surface area contributed by atoms with Gasteiger partial charge in [0, 0.05) is 6.42 Å². The summed E-state index contributed by atoms with van der Waals surface area (Å²) < 4.78 is 4.60. The van der Waals surface area contributed by atoms with Crippen molar-refractivity contribution in [3.8, 4) is 0 Å². The monoisotopic (exact) mass is 236 g/mol. The van der Waals surface area contributed by atoms with E-state index in [0.29, 0.717) is 16.2 Å². The van der Waals surface area contributed by atoms with E-state index in [1.165, 1.54) is 11.5 Å². The molecule has 11 heavy (non-hydrogen) atoms. The molecule has 4 nitrogen and oxygen atoms in total. The van der Waals surface area contributed by atoms with Gasteiger partial charge in [-0.2, -0.15) is 4.37 Å². The Morgan fingerprint density at radius 1 is 1.73 bits per heavy atom. The Morgan fingerprint density at radius 3 is 2.91 bits per heavy atom. The average Bonchev–Trinajstić information content (AvgIpc) is 2.31. The molecule has 1 N–H and O–H groups in total. The van der Waals surface area contributed by atoms with Gasteiger partial charge in [0.1, 0.15) is 5.82 Å². The van der Waals surface area contributed by atoms with Crippen molar-refractivity contribution in [1.82, 2.24) is 9.36 Å². The molecule has 0 aliphatic heterocycles. The molecular formula is C5H5BrN2O2S. The predicted molar refractivity (Wildman–Crippen MR) is 43.6 cm³/mol. The van der Waals surface area contributed by atoms with Gasteiger partial charge in [-0.25, -0.2) is 4.98 Å². The molecule has 0 amide bonds. The zero-order valence-electron chi connectivity index (χ0n) is 5.45. The minimum Gasteiger partial charge on any atom is -0.481 e. The predicted octanol–water partition coefficient (Wildman–Crippen LogP) is 1.32. The summed E-state index contributed by atoms with van der Waals surface area (Å²) in [5.74, 6) is -0.236. The van der Waals surface area contributed by atoms with Crippen molar-refractivity contribution in [2.75, 3.05) is 0 Å². The van der Waals surface area contributed by atoms with Crippen LogP contribution in [0.15, 0.2) is 3.92 Å². The fraction of sp³-hybridized carbons (Fsp3) is 0.400. The molecule has 6 heteroatoms. The number of hydrogen-bond acceptors (Lipinski definition) is 4. The smallest absolute Gasteiger partial charge is 0.303 e. The minimum absolute atomic E-state index is 0.0865. The summed E-state index contributed by atoms with van der Waals surface area (Å²) in [6.07, 6.45) is 0.487. The van der Waals surface area contributed by atoms with Crippen molar-refractivity contribution in [3.05, 3.63) is 9.74 Å². The number of carboxylic acid groups (broad SMARTS) is 1. The van der Waals surface area contributed by atoms with Crippen LogP contribution in [-0.2, 0) is 11.2 Å². The standard InChI is InChI=1S/C5H5BrN2O2S/c6-5-7-3(8-11-5)1-2-4(9)10/h1-2H2,(H,9,10). The van der Waals surface area contributed by atoms with Crippen molar-refractivity contribution in [3.63, 3.8) is 0 Å². The number of rotatable bonds is 3. The Labute approximate surface area is 75.6 Å². The summed E-state index contributed by atoms with van der Waals surface area (Å²) in [4.78, 5) is 14.1. The van der Waals surface area contributed by atoms with E-state index >= 15 is 0 Å². The summed E-state index contributed by atoms with van der Waals surface area (Å²) in [5, 5.41) is 8.32. The lowest BCUT2D eigenvalue weighted by Crippen LogP contribution is -1.98. The lowest BCUT2D eigenvalue weighted by atomic mass is 10.3. The topological polar surface area (TPSA) is 63.1 Å². The van der Waals surface area contributed by atoms with Gasteiger partial charge in [-0.3, -0.25) is 4.79 Å². The summed E-state index contributed by atoms with van der Waals surface area (Å²) in [7, 11) is 0. The van der Waals surface area contributed by atoms with Crippen molar-refractivity contribution < 1.29 is 9.90 Å². The number of halogens is 1. The van der Waals surface area contributed by atoms with E-state index in [0.717, 1.165) is 0 Å². The van der Waals surface area contributed by atoms with E-state index in [4.69, 9.17) is 5.11 Å². The highest BCUT2D eigenvalue weighted by molar-refractivity contribution is 9.11. The van der Waals surface area contributed by atoms with Crippen LogP contribution in [0.1, 0.15) is 12.2 Å². The van der Waals surface area contributed by atoms with E-state index in [-0.39, 0.29) is 6.42 Å². The van der Waals surface area contributed by atoms with Gasteiger partial charge in [0.25, 0.3) is 0 Å². The highest BCUT2D eigenvalue weighted by atomic mass is 79.9. The molecule has 1 rings (SSSR count). The molecule has 0 spiro atoms. The summed E-state index contributed by atoms with van der Waals surface area (Å²) in [6.45, 7) is 0. The first-order valence-electron chi connectivity index (χ1n) is 2.88. The third kappa shape index (κ3) is 2.94. The van der Waals surface area contributed by atoms with Crippen molar-refractivity contribution in [1.29, 1.82) is 0 Å². The molecule has 0 fully saturated rings. The molecule has 0 unspecified atom stereocenters. The van der Waals surface area contributed by atoms with Gasteiger partial charge < -0.3 is 5.11 Å². The first-order valence-corrected chi connectivity index (χ1v) is 4.45. The summed E-state index contributed by atoms with van der Waals surface area (Å²) >= 11 is 4.36. The molecule has 0 bridgehead atoms. The normalized spacial score (nSPS) is 9.91. The molecule has 1 heterocycles. The maximum absolute atomic E-state index is 10.1. The van der Waals surface area contributed by atoms with Crippen LogP contribution in [0.2, 0.25) is 0 Å². The third-order valence-corrected chi connectivity index (χ3v) is 2.16. The highest BCUT2D eigenvalue weighted by Gasteiger charge is 2.03. The molecular weight excluding hydrogens is 232 g/mol. The first-order chi connectivity index (χ1) is 5.18. The first kappa shape index (κ1) is 8.61. The lowest BCUT2D eigenvalue weighted by Gasteiger charge is -1.87. The van der Waals surface area contributed by atoms with E-state index in [2.05, 4.69) is 25.3 Å². The van der Waals surface area contributed by atoms with Crippen LogP contribution < -0.4 is 0 Å². The van der Waals surface area contributed by atoms with Gasteiger partial charge >= 0.3 is 5.97 Å². The van der Waals surface area contributed by atoms with Gasteiger partial charge in [-0.1, -0.05) is 0 Å². The van der Waals surface area contributed by atoms with E-state index in [1.54, 1.807) is 0 Å². The van der Waals surface area contributed by atoms with Gasteiger partial charge in [0.15, 0.2) is 3.92 Å². The summed E-state index contributed by atoms with van der Waals surface area (Å²) in [5.41, 5.74) is 0. The number of aromatic nitrogens is 2. The molecule has 60 valence electrons. The second-order valence-electron chi connectivity index (χ2n) is 1.86. The quantitative estimate of drug-likeness (QED) is 0.860. The van der Waals surface area contributed by atoms with Crippen molar-refractivity contribution in [2.45, 2.75) is 12.8 Å². The largest absolute Gasteiger partial charge is 0.481 e. The SMILES string of the molecule is O=C(O)CCc1nsc(Br)n1. The fourth-order valence-electron chi connectivity index (χ4n) is 0.553. The Hall–Kier alpha value is -0.490. The number of aliphatic carboxylic acids is 1. The molecule has 1 aromatic heterocycles. The zero-order chi connectivity index (χ0) is 8.27. The van der Waals surface area contributed by atoms with Crippen molar-refractivity contribution in [2.24, 2.45) is 0 Å². The molecule has 0 aliphatic rings. The highest BCUT2D eigenvalue weighted by Crippen LogP contribution is 2.12. The third-order valence-electron chi connectivity index (χ3n) is 1.01. The van der Waals surface area contributed by atoms with Crippen LogP contribution in [0.3, 0.4) is 0 Å². The van der Waals surface area contributed by atoms with Crippen LogP contribution in [0.5, 0.6) is 0 Å². The average molecular weight is 237 g/mol. The fourth-order valence-corrected chi connectivity index (χ4v) is 1.43. The van der Waals surface area contributed by atoms with Gasteiger partial charge in [-0.05, 0) is 27.5 Å². The second-order valence-corrected chi connectivity index (χ2v) is 3.89. The molecule has 0 radical (unpaired) electrons. The van der Waals surface area contributed by atoms with Crippen molar-refractivity contribution >= 4 is 33.4 Å². The Bertz CT molecular complexity index is 263. The molecule has 0 aromatic carbocycles. The number of nitrogens with zero attached hydrogens (tertiary/aromatic N) is 2. The lowest BCUT2D eigenvalue weighted by molar-refractivity contribution is -0.137. The number of hydrogen-bond donors (Lipinski definition) is 1. The Morgan fingerprint density at radius 2 is 2.45 bits per heavy atom. The minimum atomic E-state index is -0.823. The molecule has 0 saturated heterocycles. The maximum Gasteiger partial charge on any atom is 0.303 e. The van der Waals surface area contributed by atoms with Crippen LogP contribution in [-0.4, -0.2) is 20.4 Å². The van der Waals surface area contributed by atoms with Gasteiger partial charge in [-0.15, -0.1) is 0 Å². The number of carbonyl (C=O) groups is 1. The Balaban J connectivity index is 2.45. The molecule has 0 atom stereocenters. The second kappa shape index (κ2) is 3.77. The van der Waals surface area contributed by atoms with Gasteiger partial charge in [0.2, 0.25) is 0 Å². The van der Waals surface area contributed by atoms with Crippen LogP contribution in [0, 0.1) is 0 Å². The van der Waals surface area contributed by atoms with E-state index < -0.39 is 5.97 Å². The molecule has 0 aliphatic carbocycles. The molecule has 0 saturated carbocycles. The maximum atomic E-state index is 10.1. The van der Waals surface area contributed by atoms with Crippen LogP contribution in [0.25, 0.3) is 0 Å². The van der Waals surface area contributed by atoms with Crippen LogP contribution >= 0.6 is 27.5 Å². The van der Waals surface area contributed by atoms with Crippen LogP contribution in [0.4, 0.5) is 0 Å². The van der Waals surface area contributed by atoms with E-state index in [1.807, 2.05) is 0 Å². The molecule has 1 aromatic rings. The zero-order valence-corrected chi connectivity index (χ0v) is 7.85. The van der Waals surface area contributed by atoms with E-state index in [9.17, 15) is 4.79 Å². The van der Waals surface area contributed by atoms with Gasteiger partial charge in [0.05, 0.1) is 6.42 Å². The Kier molecular flexibility index (Phi) is 2.95. The number of aryl methyl sites for hydroxylation is 1. The number of carboxylic acids is 1. The summed E-state index contributed by atoms with van der Waals surface area (Å²) in [6, 6.07) is 0.